The maximum Gasteiger partial charge on any atom is 0.270 e. The molecule has 0 spiro atoms. The fraction of sp³-hybridized carbons (Fsp3) is 0. The van der Waals surface area contributed by atoms with Crippen LogP contribution in [0.1, 0.15) is 5.56 Å². The minimum atomic E-state index is -0.289. The highest BCUT2D eigenvalue weighted by Gasteiger charge is 2.00. The maximum absolute atomic E-state index is 11.3. The number of tetrazole rings is 1. The fourth-order valence-corrected chi connectivity index (χ4v) is 1.54. The molecule has 0 atom stereocenters. The molecular formula is C8H7N5OS. The Balaban J connectivity index is 1.93. The van der Waals surface area contributed by atoms with E-state index in [0.29, 0.717) is 0 Å². The summed E-state index contributed by atoms with van der Waals surface area (Å²) in [5, 5.41) is 19.1. The van der Waals surface area contributed by atoms with Gasteiger partial charge in [0.05, 0.1) is 0 Å². The minimum absolute atomic E-state index is 0.162. The van der Waals surface area contributed by atoms with Crippen LogP contribution < -0.4 is 5.32 Å². The van der Waals surface area contributed by atoms with Crippen molar-refractivity contribution in [2.24, 2.45) is 0 Å². The third-order valence-corrected chi connectivity index (χ3v) is 2.25. The summed E-state index contributed by atoms with van der Waals surface area (Å²) in [6, 6.07) is 1.92. The van der Waals surface area contributed by atoms with E-state index in [4.69, 9.17) is 0 Å². The second kappa shape index (κ2) is 4.47. The molecule has 2 rings (SSSR count). The van der Waals surface area contributed by atoms with E-state index in [1.807, 2.05) is 16.8 Å². The SMILES string of the molecule is O=C(C=Cc1ccsc1)Nc1nn[nH]n1. The van der Waals surface area contributed by atoms with E-state index in [-0.39, 0.29) is 11.9 Å². The number of nitrogens with zero attached hydrogens (tertiary/aromatic N) is 3. The highest BCUT2D eigenvalue weighted by atomic mass is 32.1. The van der Waals surface area contributed by atoms with Gasteiger partial charge in [0.25, 0.3) is 11.9 Å². The molecular weight excluding hydrogens is 214 g/mol. The van der Waals surface area contributed by atoms with Crippen LogP contribution in [-0.4, -0.2) is 26.5 Å². The Kier molecular flexibility index (Phi) is 2.84. The highest BCUT2D eigenvalue weighted by molar-refractivity contribution is 7.08. The number of carbonyl (C=O) groups excluding carboxylic acids is 1. The number of hydrogen-bond donors (Lipinski definition) is 2. The average Bonchev–Trinajstić information content (AvgIpc) is 2.86. The molecule has 0 saturated carbocycles. The summed E-state index contributed by atoms with van der Waals surface area (Å²) in [5.41, 5.74) is 0.989. The van der Waals surface area contributed by atoms with E-state index in [2.05, 4.69) is 25.9 Å². The van der Waals surface area contributed by atoms with Crippen LogP contribution in [-0.2, 0) is 4.79 Å². The maximum atomic E-state index is 11.3. The summed E-state index contributed by atoms with van der Waals surface area (Å²) in [4.78, 5) is 11.3. The summed E-state index contributed by atoms with van der Waals surface area (Å²) in [6.07, 6.45) is 3.13. The van der Waals surface area contributed by atoms with E-state index in [1.54, 1.807) is 17.4 Å². The first kappa shape index (κ1) is 9.53. The smallest absolute Gasteiger partial charge is 0.270 e. The monoisotopic (exact) mass is 221 g/mol. The molecule has 15 heavy (non-hydrogen) atoms. The van der Waals surface area contributed by atoms with Crippen molar-refractivity contribution in [1.29, 1.82) is 0 Å². The minimum Gasteiger partial charge on any atom is -0.288 e. The van der Waals surface area contributed by atoms with Gasteiger partial charge >= 0.3 is 0 Å². The van der Waals surface area contributed by atoms with Crippen molar-refractivity contribution in [2.75, 3.05) is 5.32 Å². The van der Waals surface area contributed by atoms with Crippen molar-refractivity contribution < 1.29 is 4.79 Å². The Bertz CT molecular complexity index is 447. The van der Waals surface area contributed by atoms with Crippen molar-refractivity contribution in [3.05, 3.63) is 28.5 Å². The summed E-state index contributed by atoms with van der Waals surface area (Å²) >= 11 is 1.57. The number of rotatable bonds is 3. The van der Waals surface area contributed by atoms with E-state index in [0.717, 1.165) is 5.56 Å². The molecule has 2 aromatic rings. The zero-order valence-corrected chi connectivity index (χ0v) is 8.36. The molecule has 0 aliphatic carbocycles. The molecule has 7 heteroatoms. The van der Waals surface area contributed by atoms with E-state index < -0.39 is 0 Å². The van der Waals surface area contributed by atoms with Crippen LogP contribution in [0.15, 0.2) is 22.9 Å². The Morgan fingerprint density at radius 1 is 1.60 bits per heavy atom. The van der Waals surface area contributed by atoms with Gasteiger partial charge in [-0.15, -0.1) is 5.10 Å². The standard InChI is InChI=1S/C8H7N5OS/c14-7(9-8-10-12-13-11-8)2-1-6-3-4-15-5-6/h1-5H,(H2,9,10,11,12,13,14). The van der Waals surface area contributed by atoms with Gasteiger partial charge in [-0.25, -0.2) is 0 Å². The molecule has 0 aliphatic heterocycles. The second-order valence-electron chi connectivity index (χ2n) is 2.61. The lowest BCUT2D eigenvalue weighted by atomic mass is 10.3. The van der Waals surface area contributed by atoms with Gasteiger partial charge in [-0.1, -0.05) is 5.10 Å². The Morgan fingerprint density at radius 3 is 3.20 bits per heavy atom. The van der Waals surface area contributed by atoms with Crippen molar-refractivity contribution >= 4 is 29.3 Å². The van der Waals surface area contributed by atoms with Gasteiger partial charge in [-0.2, -0.15) is 16.6 Å². The molecule has 0 aromatic carbocycles. The molecule has 2 aromatic heterocycles. The molecule has 2 heterocycles. The summed E-state index contributed by atoms with van der Waals surface area (Å²) in [6.45, 7) is 0. The fourth-order valence-electron chi connectivity index (χ4n) is 0.908. The Labute approximate surface area is 89.0 Å². The van der Waals surface area contributed by atoms with Gasteiger partial charge < -0.3 is 0 Å². The van der Waals surface area contributed by atoms with Crippen molar-refractivity contribution in [2.45, 2.75) is 0 Å². The molecule has 0 saturated heterocycles. The predicted octanol–water partition coefficient (Wildman–Crippen LogP) is 0.913. The largest absolute Gasteiger partial charge is 0.288 e. The average molecular weight is 221 g/mol. The quantitative estimate of drug-likeness (QED) is 0.755. The second-order valence-corrected chi connectivity index (χ2v) is 3.39. The number of aromatic amines is 1. The topological polar surface area (TPSA) is 83.6 Å². The van der Waals surface area contributed by atoms with Gasteiger partial charge in [0.2, 0.25) is 0 Å². The molecule has 76 valence electrons. The number of nitrogens with one attached hydrogen (secondary N) is 2. The Morgan fingerprint density at radius 2 is 2.53 bits per heavy atom. The molecule has 0 radical (unpaired) electrons. The number of aromatic nitrogens is 4. The molecule has 2 N–H and O–H groups in total. The predicted molar refractivity (Wildman–Crippen MR) is 56.2 cm³/mol. The lowest BCUT2D eigenvalue weighted by Gasteiger charge is -1.91. The van der Waals surface area contributed by atoms with E-state index >= 15 is 0 Å². The van der Waals surface area contributed by atoms with Crippen molar-refractivity contribution in [3.63, 3.8) is 0 Å². The summed E-state index contributed by atoms with van der Waals surface area (Å²) < 4.78 is 0. The highest BCUT2D eigenvalue weighted by Crippen LogP contribution is 2.07. The lowest BCUT2D eigenvalue weighted by molar-refractivity contribution is -0.111. The zero-order valence-electron chi connectivity index (χ0n) is 7.54. The van der Waals surface area contributed by atoms with Gasteiger partial charge in [0.1, 0.15) is 0 Å². The molecule has 1 amide bonds. The first-order chi connectivity index (χ1) is 7.34. The third kappa shape index (κ3) is 2.71. The normalized spacial score (nSPS) is 10.7. The lowest BCUT2D eigenvalue weighted by Crippen LogP contribution is -2.08. The first-order valence-electron chi connectivity index (χ1n) is 4.09. The molecule has 6 nitrogen and oxygen atoms in total. The summed E-state index contributed by atoms with van der Waals surface area (Å²) in [5.74, 6) is -0.127. The van der Waals surface area contributed by atoms with Crippen LogP contribution in [0.25, 0.3) is 6.08 Å². The molecule has 0 aliphatic rings. The first-order valence-corrected chi connectivity index (χ1v) is 5.03. The van der Waals surface area contributed by atoms with Crippen LogP contribution >= 0.6 is 11.3 Å². The number of hydrogen-bond acceptors (Lipinski definition) is 5. The van der Waals surface area contributed by atoms with Crippen LogP contribution in [0.2, 0.25) is 0 Å². The molecule has 0 bridgehead atoms. The van der Waals surface area contributed by atoms with Crippen molar-refractivity contribution in [3.8, 4) is 0 Å². The van der Waals surface area contributed by atoms with E-state index in [1.165, 1.54) is 6.08 Å². The molecule has 0 unspecified atom stereocenters. The van der Waals surface area contributed by atoms with Crippen molar-refractivity contribution in [1.82, 2.24) is 20.6 Å². The third-order valence-electron chi connectivity index (χ3n) is 1.55. The van der Waals surface area contributed by atoms with Gasteiger partial charge in [-0.3, -0.25) is 10.1 Å². The number of carbonyl (C=O) groups is 1. The summed E-state index contributed by atoms with van der Waals surface area (Å²) in [7, 11) is 0. The van der Waals surface area contributed by atoms with Gasteiger partial charge in [-0.05, 0) is 33.7 Å². The van der Waals surface area contributed by atoms with Crippen LogP contribution in [0.3, 0.4) is 0 Å². The van der Waals surface area contributed by atoms with Gasteiger partial charge in [0.15, 0.2) is 0 Å². The van der Waals surface area contributed by atoms with E-state index in [9.17, 15) is 4.79 Å². The Hall–Kier alpha value is -2.02. The number of thiophene rings is 1. The number of anilines is 1. The number of amides is 1. The van der Waals surface area contributed by atoms with Crippen LogP contribution in [0, 0.1) is 0 Å². The van der Waals surface area contributed by atoms with Crippen LogP contribution in [0.5, 0.6) is 0 Å². The van der Waals surface area contributed by atoms with Crippen LogP contribution in [0.4, 0.5) is 5.95 Å². The number of H-pyrrole nitrogens is 1. The van der Waals surface area contributed by atoms with Gasteiger partial charge in [0, 0.05) is 6.08 Å². The zero-order chi connectivity index (χ0) is 10.5. The molecule has 0 fully saturated rings.